The average Bonchev–Trinajstić information content (AvgIpc) is 3.34. The Morgan fingerprint density at radius 3 is 2.56 bits per heavy atom. The number of fused-ring (bicyclic) bond motifs is 3. The fourth-order valence-corrected chi connectivity index (χ4v) is 4.43. The van der Waals surface area contributed by atoms with Crippen LogP contribution in [0.3, 0.4) is 0 Å². The molecule has 0 aliphatic carbocycles. The third-order valence-corrected chi connectivity index (χ3v) is 6.15. The van der Waals surface area contributed by atoms with Crippen LogP contribution in [-0.2, 0) is 6.54 Å². The average molecular weight is 431 g/mol. The molecule has 0 radical (unpaired) electrons. The van der Waals surface area contributed by atoms with Crippen molar-refractivity contribution in [1.82, 2.24) is 19.1 Å². The second-order valence-electron chi connectivity index (χ2n) is 7.86. The molecule has 8 heteroatoms. The number of aromatic nitrogens is 3. The Bertz CT molecular complexity index is 1370. The molecule has 2 aromatic carbocycles. The van der Waals surface area contributed by atoms with Crippen LogP contribution in [0, 0.1) is 0 Å². The van der Waals surface area contributed by atoms with Gasteiger partial charge in [0.05, 0.1) is 24.3 Å². The van der Waals surface area contributed by atoms with E-state index in [0.29, 0.717) is 30.7 Å². The number of carbonyl (C=O) groups is 1. The van der Waals surface area contributed by atoms with Crippen LogP contribution >= 0.6 is 0 Å². The molecule has 2 aromatic heterocycles. The highest BCUT2D eigenvalue weighted by Crippen LogP contribution is 2.23. The van der Waals surface area contributed by atoms with E-state index in [0.717, 1.165) is 35.6 Å². The molecule has 5 rings (SSSR count). The van der Waals surface area contributed by atoms with E-state index >= 15 is 0 Å². The molecule has 0 spiro atoms. The lowest BCUT2D eigenvalue weighted by molar-refractivity contribution is 0.0747. The van der Waals surface area contributed by atoms with Crippen molar-refractivity contribution in [2.45, 2.75) is 13.5 Å². The maximum Gasteiger partial charge on any atom is 0.277 e. The van der Waals surface area contributed by atoms with Crippen molar-refractivity contribution in [2.75, 3.05) is 38.2 Å². The van der Waals surface area contributed by atoms with Gasteiger partial charge in [0.1, 0.15) is 11.3 Å². The van der Waals surface area contributed by atoms with Crippen LogP contribution in [0.2, 0.25) is 0 Å². The molecule has 0 saturated carbocycles. The molecule has 0 bridgehead atoms. The Morgan fingerprint density at radius 1 is 1.00 bits per heavy atom. The number of methoxy groups -OCH3 is 1. The van der Waals surface area contributed by atoms with Crippen molar-refractivity contribution in [1.29, 1.82) is 0 Å². The molecule has 1 fully saturated rings. The normalized spacial score (nSPS) is 14.3. The van der Waals surface area contributed by atoms with E-state index in [9.17, 15) is 9.59 Å². The van der Waals surface area contributed by atoms with Gasteiger partial charge in [-0.15, -0.1) is 0 Å². The Balaban J connectivity index is 1.40. The third-order valence-electron chi connectivity index (χ3n) is 6.15. The summed E-state index contributed by atoms with van der Waals surface area (Å²) in [7, 11) is 1.66. The van der Waals surface area contributed by atoms with Crippen molar-refractivity contribution < 1.29 is 9.53 Å². The molecule has 1 amide bonds. The molecular weight excluding hydrogens is 406 g/mol. The highest BCUT2D eigenvalue weighted by atomic mass is 16.5. The van der Waals surface area contributed by atoms with Crippen molar-refractivity contribution in [3.05, 3.63) is 70.6 Å². The lowest BCUT2D eigenvalue weighted by Crippen LogP contribution is -2.48. The van der Waals surface area contributed by atoms with E-state index in [1.165, 1.54) is 0 Å². The number of aryl methyl sites for hydroxylation is 1. The molecule has 32 heavy (non-hydrogen) atoms. The standard InChI is InChI=1S/C24H25N5O3/c1-3-28-22-15-17(7-8-20(22)29-21(24(28)31)9-10-25-29)23(30)27-13-11-26(12-14-27)18-5-4-6-19(16-18)32-2/h4-10,15-16H,3,11-14H2,1-2H3. The number of nitrogens with zero attached hydrogens (tertiary/aromatic N) is 5. The summed E-state index contributed by atoms with van der Waals surface area (Å²) in [5.41, 5.74) is 3.64. The van der Waals surface area contributed by atoms with Crippen LogP contribution in [0.1, 0.15) is 17.3 Å². The zero-order valence-electron chi connectivity index (χ0n) is 18.2. The first-order valence-corrected chi connectivity index (χ1v) is 10.8. The molecular formula is C24H25N5O3. The highest BCUT2D eigenvalue weighted by Gasteiger charge is 2.23. The lowest BCUT2D eigenvalue weighted by Gasteiger charge is -2.36. The van der Waals surface area contributed by atoms with Crippen LogP contribution in [-0.4, -0.2) is 58.3 Å². The van der Waals surface area contributed by atoms with E-state index in [1.807, 2.05) is 48.2 Å². The summed E-state index contributed by atoms with van der Waals surface area (Å²) in [5, 5.41) is 4.29. The zero-order chi connectivity index (χ0) is 22.2. The van der Waals surface area contributed by atoms with Crippen LogP contribution in [0.4, 0.5) is 5.69 Å². The van der Waals surface area contributed by atoms with Gasteiger partial charge in [0, 0.05) is 50.0 Å². The van der Waals surface area contributed by atoms with Crippen LogP contribution in [0.25, 0.3) is 16.6 Å². The van der Waals surface area contributed by atoms with Gasteiger partial charge in [0.2, 0.25) is 0 Å². The molecule has 0 unspecified atom stereocenters. The van der Waals surface area contributed by atoms with Gasteiger partial charge in [0.15, 0.2) is 0 Å². The number of anilines is 1. The molecule has 1 saturated heterocycles. The topological polar surface area (TPSA) is 72.1 Å². The molecule has 1 aliphatic rings. The van der Waals surface area contributed by atoms with Crippen molar-refractivity contribution in [2.24, 2.45) is 0 Å². The van der Waals surface area contributed by atoms with Crippen LogP contribution in [0.15, 0.2) is 59.5 Å². The number of hydrogen-bond donors (Lipinski definition) is 0. The summed E-state index contributed by atoms with van der Waals surface area (Å²) >= 11 is 0. The predicted octanol–water partition coefficient (Wildman–Crippen LogP) is 2.64. The summed E-state index contributed by atoms with van der Waals surface area (Å²) < 4.78 is 8.67. The monoisotopic (exact) mass is 431 g/mol. The summed E-state index contributed by atoms with van der Waals surface area (Å²) in [6, 6.07) is 15.2. The fraction of sp³-hybridized carbons (Fsp3) is 0.292. The van der Waals surface area contributed by atoms with Gasteiger partial charge in [-0.05, 0) is 43.3 Å². The van der Waals surface area contributed by atoms with Gasteiger partial charge in [0.25, 0.3) is 11.5 Å². The smallest absolute Gasteiger partial charge is 0.277 e. The van der Waals surface area contributed by atoms with E-state index < -0.39 is 0 Å². The van der Waals surface area contributed by atoms with Crippen molar-refractivity contribution in [3.8, 4) is 5.75 Å². The summed E-state index contributed by atoms with van der Waals surface area (Å²) in [6.07, 6.45) is 1.62. The van der Waals surface area contributed by atoms with Crippen LogP contribution in [0.5, 0.6) is 5.75 Å². The van der Waals surface area contributed by atoms with Gasteiger partial charge in [-0.25, -0.2) is 4.52 Å². The number of amides is 1. The number of ether oxygens (including phenoxy) is 1. The first-order valence-electron chi connectivity index (χ1n) is 10.8. The minimum absolute atomic E-state index is 0.0205. The third kappa shape index (κ3) is 3.28. The molecule has 164 valence electrons. The Hall–Kier alpha value is -3.81. The van der Waals surface area contributed by atoms with Crippen molar-refractivity contribution in [3.63, 3.8) is 0 Å². The predicted molar refractivity (Wildman–Crippen MR) is 124 cm³/mol. The molecule has 4 aromatic rings. The zero-order valence-corrected chi connectivity index (χ0v) is 18.2. The van der Waals surface area contributed by atoms with Crippen LogP contribution < -0.4 is 15.2 Å². The molecule has 0 atom stereocenters. The van der Waals surface area contributed by atoms with Gasteiger partial charge in [-0.1, -0.05) is 6.07 Å². The largest absolute Gasteiger partial charge is 0.497 e. The van der Waals surface area contributed by atoms with Gasteiger partial charge >= 0.3 is 0 Å². The lowest BCUT2D eigenvalue weighted by atomic mass is 10.1. The van der Waals surface area contributed by atoms with E-state index in [1.54, 1.807) is 28.5 Å². The molecule has 1 aliphatic heterocycles. The Labute approximate surface area is 185 Å². The van der Waals surface area contributed by atoms with Gasteiger partial charge in [-0.2, -0.15) is 5.10 Å². The SMILES string of the molecule is CCn1c(=O)c2ccnn2c2ccc(C(=O)N3CCN(c4cccc(OC)c4)CC3)cc21. The van der Waals surface area contributed by atoms with E-state index in [4.69, 9.17) is 4.74 Å². The number of carbonyl (C=O) groups excluding carboxylic acids is 1. The number of benzene rings is 2. The Kier molecular flexibility index (Phi) is 5.05. The summed E-state index contributed by atoms with van der Waals surface area (Å²) in [6.45, 7) is 5.22. The maximum atomic E-state index is 13.3. The van der Waals surface area contributed by atoms with Crippen molar-refractivity contribution >= 4 is 28.1 Å². The minimum Gasteiger partial charge on any atom is -0.497 e. The number of hydrogen-bond acceptors (Lipinski definition) is 5. The fourth-order valence-electron chi connectivity index (χ4n) is 4.43. The molecule has 0 N–H and O–H groups in total. The maximum absolute atomic E-state index is 13.3. The number of rotatable bonds is 4. The summed E-state index contributed by atoms with van der Waals surface area (Å²) in [4.78, 5) is 30.2. The summed E-state index contributed by atoms with van der Waals surface area (Å²) in [5.74, 6) is 0.804. The highest BCUT2D eigenvalue weighted by molar-refractivity contribution is 5.97. The van der Waals surface area contributed by atoms with Gasteiger partial charge in [-0.3, -0.25) is 9.59 Å². The van der Waals surface area contributed by atoms with Gasteiger partial charge < -0.3 is 19.1 Å². The molecule has 3 heterocycles. The molecule has 8 nitrogen and oxygen atoms in total. The quantitative estimate of drug-likeness (QED) is 0.497. The Morgan fingerprint density at radius 2 is 1.81 bits per heavy atom. The first-order chi connectivity index (χ1) is 15.6. The van der Waals surface area contributed by atoms with E-state index in [2.05, 4.69) is 16.1 Å². The first kappa shape index (κ1) is 20.1. The van der Waals surface area contributed by atoms with E-state index in [-0.39, 0.29) is 11.5 Å². The second kappa shape index (κ2) is 8.03. The number of piperazine rings is 1. The second-order valence-corrected chi connectivity index (χ2v) is 7.86. The minimum atomic E-state index is -0.103.